The number of nitro benzene ring substituents is 1. The zero-order valence-corrected chi connectivity index (χ0v) is 17.1. The van der Waals surface area contributed by atoms with E-state index in [1.165, 1.54) is 28.6 Å². The summed E-state index contributed by atoms with van der Waals surface area (Å²) in [5.41, 5.74) is 0.746. The van der Waals surface area contributed by atoms with Crippen LogP contribution in [0.15, 0.2) is 59.5 Å². The van der Waals surface area contributed by atoms with Crippen LogP contribution in [-0.2, 0) is 21.4 Å². The van der Waals surface area contributed by atoms with Crippen LogP contribution in [0.5, 0.6) is 0 Å². The number of carbonyl (C=O) groups is 1. The van der Waals surface area contributed by atoms with Gasteiger partial charge in [-0.15, -0.1) is 0 Å². The maximum Gasteiger partial charge on any atom is 0.407 e. The predicted molar refractivity (Wildman–Crippen MR) is 109 cm³/mol. The predicted octanol–water partition coefficient (Wildman–Crippen LogP) is 2.92. The van der Waals surface area contributed by atoms with Gasteiger partial charge in [-0.05, 0) is 36.5 Å². The van der Waals surface area contributed by atoms with Gasteiger partial charge in [0, 0.05) is 31.8 Å². The van der Waals surface area contributed by atoms with Gasteiger partial charge in [0.2, 0.25) is 10.0 Å². The SMILES string of the molecule is O=C(NCC1CCN(S(=O)(=O)c2ccc([N+](=O)[O-])cc2)CC1)OCc1ccccc1. The third-order valence-corrected chi connectivity index (χ3v) is 6.92. The standard InChI is InChI=1S/C20H23N3O6S/c24-20(29-15-17-4-2-1-3-5-17)21-14-16-10-12-22(13-11-16)30(27,28)19-8-6-18(7-9-19)23(25)26/h1-9,16H,10-15H2,(H,21,24). The van der Waals surface area contributed by atoms with Crippen LogP contribution in [0.1, 0.15) is 18.4 Å². The lowest BCUT2D eigenvalue weighted by molar-refractivity contribution is -0.384. The molecule has 1 heterocycles. The van der Waals surface area contributed by atoms with Crippen LogP contribution in [-0.4, -0.2) is 43.4 Å². The molecular formula is C20H23N3O6S. The van der Waals surface area contributed by atoms with Gasteiger partial charge in [0.15, 0.2) is 0 Å². The molecule has 9 nitrogen and oxygen atoms in total. The molecule has 10 heteroatoms. The average Bonchev–Trinajstić information content (AvgIpc) is 2.77. The van der Waals surface area contributed by atoms with Crippen LogP contribution in [0.4, 0.5) is 10.5 Å². The first-order valence-electron chi connectivity index (χ1n) is 9.55. The minimum absolute atomic E-state index is 0.0363. The summed E-state index contributed by atoms with van der Waals surface area (Å²) in [6.07, 6.45) is 0.705. The molecule has 2 aromatic carbocycles. The summed E-state index contributed by atoms with van der Waals surface area (Å²) in [6.45, 7) is 1.26. The fourth-order valence-electron chi connectivity index (χ4n) is 3.24. The fraction of sp³-hybridized carbons (Fsp3) is 0.350. The Kier molecular flexibility index (Phi) is 7.01. The van der Waals surface area contributed by atoms with Crippen molar-refractivity contribution in [1.82, 2.24) is 9.62 Å². The van der Waals surface area contributed by atoms with E-state index in [-0.39, 0.29) is 23.1 Å². The van der Waals surface area contributed by atoms with Gasteiger partial charge < -0.3 is 10.1 Å². The van der Waals surface area contributed by atoms with Gasteiger partial charge in [0.05, 0.1) is 9.82 Å². The smallest absolute Gasteiger partial charge is 0.407 e. The number of nitro groups is 1. The van der Waals surface area contributed by atoms with Crippen molar-refractivity contribution in [2.75, 3.05) is 19.6 Å². The van der Waals surface area contributed by atoms with Crippen molar-refractivity contribution in [2.24, 2.45) is 5.92 Å². The van der Waals surface area contributed by atoms with Crippen LogP contribution in [0, 0.1) is 16.0 Å². The lowest BCUT2D eigenvalue weighted by Gasteiger charge is -2.31. The fourth-order valence-corrected chi connectivity index (χ4v) is 4.71. The monoisotopic (exact) mass is 433 g/mol. The third kappa shape index (κ3) is 5.55. The number of hydrogen-bond donors (Lipinski definition) is 1. The molecule has 0 atom stereocenters. The number of piperidine rings is 1. The zero-order chi connectivity index (χ0) is 21.6. The maximum atomic E-state index is 12.7. The second-order valence-electron chi connectivity index (χ2n) is 7.04. The molecule has 0 aromatic heterocycles. The third-order valence-electron chi connectivity index (χ3n) is 5.01. The highest BCUT2D eigenvalue weighted by Crippen LogP contribution is 2.25. The summed E-state index contributed by atoms with van der Waals surface area (Å²) in [5, 5.41) is 13.5. The van der Waals surface area contributed by atoms with Gasteiger partial charge in [0.25, 0.3) is 5.69 Å². The Morgan fingerprint density at radius 1 is 1.10 bits per heavy atom. The van der Waals surface area contributed by atoms with E-state index < -0.39 is 21.0 Å². The van der Waals surface area contributed by atoms with E-state index in [4.69, 9.17) is 4.74 Å². The van der Waals surface area contributed by atoms with Gasteiger partial charge in [-0.2, -0.15) is 4.31 Å². The molecule has 0 saturated carbocycles. The minimum atomic E-state index is -3.70. The number of rotatable bonds is 7. The van der Waals surface area contributed by atoms with Crippen molar-refractivity contribution in [2.45, 2.75) is 24.3 Å². The Morgan fingerprint density at radius 3 is 2.33 bits per heavy atom. The first-order chi connectivity index (χ1) is 14.4. The van der Waals surface area contributed by atoms with Crippen molar-refractivity contribution in [3.05, 3.63) is 70.3 Å². The van der Waals surface area contributed by atoms with Gasteiger partial charge in [-0.25, -0.2) is 13.2 Å². The van der Waals surface area contributed by atoms with Gasteiger partial charge in [0.1, 0.15) is 6.61 Å². The molecule has 30 heavy (non-hydrogen) atoms. The first-order valence-corrected chi connectivity index (χ1v) is 11.0. The summed E-state index contributed by atoms with van der Waals surface area (Å²) in [6, 6.07) is 14.2. The number of benzene rings is 2. The Balaban J connectivity index is 1.44. The molecule has 0 aliphatic carbocycles. The van der Waals surface area contributed by atoms with Crippen molar-refractivity contribution >= 4 is 21.8 Å². The highest BCUT2D eigenvalue weighted by atomic mass is 32.2. The molecular weight excluding hydrogens is 410 g/mol. The second kappa shape index (κ2) is 9.68. The largest absolute Gasteiger partial charge is 0.445 e. The first kappa shape index (κ1) is 21.7. The molecule has 0 radical (unpaired) electrons. The van der Waals surface area contributed by atoms with Gasteiger partial charge in [-0.1, -0.05) is 30.3 Å². The molecule has 1 N–H and O–H groups in total. The molecule has 0 spiro atoms. The van der Waals surface area contributed by atoms with Crippen LogP contribution >= 0.6 is 0 Å². The topological polar surface area (TPSA) is 119 Å². The molecule has 1 aliphatic rings. The lowest BCUT2D eigenvalue weighted by Crippen LogP contribution is -2.41. The Labute approximate surface area is 174 Å². The normalized spacial score (nSPS) is 15.5. The second-order valence-corrected chi connectivity index (χ2v) is 8.98. The number of sulfonamides is 1. The molecule has 1 amide bonds. The Hall–Kier alpha value is -2.98. The van der Waals surface area contributed by atoms with E-state index in [0.717, 1.165) is 5.56 Å². The van der Waals surface area contributed by atoms with E-state index >= 15 is 0 Å². The molecule has 1 saturated heterocycles. The van der Waals surface area contributed by atoms with E-state index in [0.29, 0.717) is 32.5 Å². The van der Waals surface area contributed by atoms with Crippen LogP contribution < -0.4 is 5.32 Å². The van der Waals surface area contributed by atoms with Crippen LogP contribution in [0.25, 0.3) is 0 Å². The minimum Gasteiger partial charge on any atom is -0.445 e. The maximum absolute atomic E-state index is 12.7. The Bertz CT molecular complexity index is 971. The van der Waals surface area contributed by atoms with Crippen molar-refractivity contribution < 1.29 is 22.9 Å². The van der Waals surface area contributed by atoms with E-state index in [1.807, 2.05) is 30.3 Å². The molecule has 0 unspecified atom stereocenters. The van der Waals surface area contributed by atoms with Crippen LogP contribution in [0.3, 0.4) is 0 Å². The molecule has 1 fully saturated rings. The number of nitrogens with one attached hydrogen (secondary N) is 1. The van der Waals surface area contributed by atoms with Gasteiger partial charge >= 0.3 is 6.09 Å². The summed E-state index contributed by atoms with van der Waals surface area (Å²) in [7, 11) is -3.70. The number of alkyl carbamates (subject to hydrolysis) is 1. The molecule has 160 valence electrons. The number of non-ortho nitro benzene ring substituents is 1. The quantitative estimate of drug-likeness (QED) is 0.530. The zero-order valence-electron chi connectivity index (χ0n) is 16.3. The number of nitrogens with zero attached hydrogens (tertiary/aromatic N) is 2. The molecule has 1 aliphatic heterocycles. The summed E-state index contributed by atoms with van der Waals surface area (Å²) < 4.78 is 32.0. The number of ether oxygens (including phenoxy) is 1. The van der Waals surface area contributed by atoms with E-state index in [9.17, 15) is 23.3 Å². The highest BCUT2D eigenvalue weighted by Gasteiger charge is 2.29. The van der Waals surface area contributed by atoms with Crippen molar-refractivity contribution in [3.63, 3.8) is 0 Å². The molecule has 3 rings (SSSR count). The highest BCUT2D eigenvalue weighted by molar-refractivity contribution is 7.89. The molecule has 2 aromatic rings. The number of hydrogen-bond acceptors (Lipinski definition) is 6. The number of amides is 1. The summed E-state index contributed by atoms with van der Waals surface area (Å²) >= 11 is 0. The summed E-state index contributed by atoms with van der Waals surface area (Å²) in [4.78, 5) is 22.1. The van der Waals surface area contributed by atoms with E-state index in [1.54, 1.807) is 0 Å². The number of carbonyl (C=O) groups excluding carboxylic acids is 1. The average molecular weight is 433 g/mol. The van der Waals surface area contributed by atoms with Crippen molar-refractivity contribution in [1.29, 1.82) is 0 Å². The van der Waals surface area contributed by atoms with E-state index in [2.05, 4.69) is 5.32 Å². The summed E-state index contributed by atoms with van der Waals surface area (Å²) in [5.74, 6) is 0.151. The Morgan fingerprint density at radius 2 is 1.73 bits per heavy atom. The van der Waals surface area contributed by atoms with Crippen LogP contribution in [0.2, 0.25) is 0 Å². The molecule has 0 bridgehead atoms. The lowest BCUT2D eigenvalue weighted by atomic mass is 9.98. The van der Waals surface area contributed by atoms with Gasteiger partial charge in [-0.3, -0.25) is 10.1 Å². The van der Waals surface area contributed by atoms with Crippen molar-refractivity contribution in [3.8, 4) is 0 Å².